The van der Waals surface area contributed by atoms with Gasteiger partial charge in [0, 0.05) is 13.1 Å². The molecule has 0 aromatic carbocycles. The third-order valence-electron chi connectivity index (χ3n) is 4.09. The molecule has 1 aliphatic rings. The Morgan fingerprint density at radius 1 is 1.57 bits per heavy atom. The van der Waals surface area contributed by atoms with Crippen LogP contribution in [0.2, 0.25) is 0 Å². The van der Waals surface area contributed by atoms with Crippen LogP contribution in [0.25, 0.3) is 0 Å². The van der Waals surface area contributed by atoms with E-state index in [4.69, 9.17) is 0 Å². The predicted molar refractivity (Wildman–Crippen MR) is 72.2 cm³/mol. The number of piperidine rings is 1. The normalized spacial score (nSPS) is 19.3. The highest BCUT2D eigenvalue weighted by atomic mass is 16.5. The van der Waals surface area contributed by atoms with Crippen molar-refractivity contribution in [2.45, 2.75) is 33.2 Å². The molecule has 8 nitrogen and oxygen atoms in total. The second-order valence-corrected chi connectivity index (χ2v) is 5.82. The Labute approximate surface area is 122 Å². The van der Waals surface area contributed by atoms with Gasteiger partial charge in [0.2, 0.25) is 6.39 Å². The SMILES string of the molecule is CC(C)(C(=O)O)C1CCCN(C(=O)NCc2ncon2)C1. The predicted octanol–water partition coefficient (Wildman–Crippen LogP) is 1.10. The lowest BCUT2D eigenvalue weighted by Gasteiger charge is -2.39. The monoisotopic (exact) mass is 296 g/mol. The first-order valence-corrected chi connectivity index (χ1v) is 6.92. The Bertz CT molecular complexity index is 500. The van der Waals surface area contributed by atoms with Crippen molar-refractivity contribution in [3.8, 4) is 0 Å². The number of carbonyl (C=O) groups is 2. The number of amides is 2. The van der Waals surface area contributed by atoms with Gasteiger partial charge in [0.25, 0.3) is 0 Å². The van der Waals surface area contributed by atoms with E-state index in [1.165, 1.54) is 6.39 Å². The van der Waals surface area contributed by atoms with Gasteiger partial charge < -0.3 is 19.8 Å². The molecule has 1 saturated heterocycles. The molecule has 0 radical (unpaired) electrons. The van der Waals surface area contributed by atoms with Gasteiger partial charge in [-0.3, -0.25) is 4.79 Å². The molecule has 2 amide bonds. The van der Waals surface area contributed by atoms with Crippen molar-refractivity contribution < 1.29 is 19.2 Å². The van der Waals surface area contributed by atoms with E-state index in [0.29, 0.717) is 18.9 Å². The fourth-order valence-electron chi connectivity index (χ4n) is 2.46. The van der Waals surface area contributed by atoms with Crippen LogP contribution in [0.1, 0.15) is 32.5 Å². The molecule has 0 bridgehead atoms. The Hall–Kier alpha value is -2.12. The number of hydrogen-bond donors (Lipinski definition) is 2. The molecule has 0 spiro atoms. The van der Waals surface area contributed by atoms with Crippen LogP contribution in [-0.2, 0) is 11.3 Å². The van der Waals surface area contributed by atoms with Gasteiger partial charge >= 0.3 is 12.0 Å². The van der Waals surface area contributed by atoms with Crippen molar-refractivity contribution in [3.05, 3.63) is 12.2 Å². The summed E-state index contributed by atoms with van der Waals surface area (Å²) in [7, 11) is 0. The van der Waals surface area contributed by atoms with Crippen molar-refractivity contribution in [2.24, 2.45) is 11.3 Å². The number of aliphatic carboxylic acids is 1. The molecule has 2 N–H and O–H groups in total. The van der Waals surface area contributed by atoms with Gasteiger partial charge in [0.1, 0.15) is 0 Å². The van der Waals surface area contributed by atoms with Gasteiger partial charge in [-0.05, 0) is 32.6 Å². The zero-order valence-corrected chi connectivity index (χ0v) is 12.2. The average Bonchev–Trinajstić information content (AvgIpc) is 2.98. The van der Waals surface area contributed by atoms with Gasteiger partial charge in [-0.25, -0.2) is 4.79 Å². The summed E-state index contributed by atoms with van der Waals surface area (Å²) in [5.74, 6) is -0.482. The molecule has 0 aliphatic carbocycles. The Kier molecular flexibility index (Phi) is 4.44. The summed E-state index contributed by atoms with van der Waals surface area (Å²) >= 11 is 0. The lowest BCUT2D eigenvalue weighted by atomic mass is 9.74. The number of nitrogens with zero attached hydrogens (tertiary/aromatic N) is 3. The zero-order valence-electron chi connectivity index (χ0n) is 12.2. The number of rotatable bonds is 4. The molecule has 0 saturated carbocycles. The molecule has 2 heterocycles. The number of likely N-dealkylation sites (tertiary alicyclic amines) is 1. The lowest BCUT2D eigenvalue weighted by Crippen LogP contribution is -2.49. The number of carboxylic acid groups (broad SMARTS) is 1. The molecule has 1 atom stereocenters. The van der Waals surface area contributed by atoms with E-state index in [1.807, 2.05) is 0 Å². The number of hydrogen-bond acceptors (Lipinski definition) is 5. The fraction of sp³-hybridized carbons (Fsp3) is 0.692. The van der Waals surface area contributed by atoms with Crippen LogP contribution in [-0.4, -0.2) is 45.2 Å². The molecular formula is C13H20N4O4. The second kappa shape index (κ2) is 6.11. The lowest BCUT2D eigenvalue weighted by molar-refractivity contribution is -0.151. The van der Waals surface area contributed by atoms with Crippen molar-refractivity contribution in [1.29, 1.82) is 0 Å². The molecular weight excluding hydrogens is 276 g/mol. The van der Waals surface area contributed by atoms with Crippen LogP contribution >= 0.6 is 0 Å². The topological polar surface area (TPSA) is 109 Å². The van der Waals surface area contributed by atoms with Crippen LogP contribution < -0.4 is 5.32 Å². The summed E-state index contributed by atoms with van der Waals surface area (Å²) in [4.78, 5) is 28.9. The zero-order chi connectivity index (χ0) is 15.5. The van der Waals surface area contributed by atoms with Crippen LogP contribution in [0.15, 0.2) is 10.9 Å². The number of carboxylic acids is 1. The molecule has 1 aromatic rings. The summed E-state index contributed by atoms with van der Waals surface area (Å²) in [6, 6.07) is -0.231. The first kappa shape index (κ1) is 15.3. The number of urea groups is 1. The van der Waals surface area contributed by atoms with Crippen LogP contribution in [0.5, 0.6) is 0 Å². The summed E-state index contributed by atoms with van der Waals surface area (Å²) in [6.07, 6.45) is 2.82. The molecule has 8 heteroatoms. The Balaban J connectivity index is 1.91. The Morgan fingerprint density at radius 2 is 2.33 bits per heavy atom. The maximum Gasteiger partial charge on any atom is 0.317 e. The van der Waals surface area contributed by atoms with Gasteiger partial charge in [-0.2, -0.15) is 4.98 Å². The van der Waals surface area contributed by atoms with Crippen molar-refractivity contribution in [3.63, 3.8) is 0 Å². The number of nitrogens with one attached hydrogen (secondary N) is 1. The Morgan fingerprint density at radius 3 is 2.95 bits per heavy atom. The average molecular weight is 296 g/mol. The van der Waals surface area contributed by atoms with Gasteiger partial charge in [0.05, 0.1) is 12.0 Å². The van der Waals surface area contributed by atoms with E-state index in [0.717, 1.165) is 12.8 Å². The summed E-state index contributed by atoms with van der Waals surface area (Å²) in [6.45, 7) is 4.68. The molecule has 2 rings (SSSR count). The summed E-state index contributed by atoms with van der Waals surface area (Å²) < 4.78 is 4.59. The van der Waals surface area contributed by atoms with E-state index < -0.39 is 11.4 Å². The summed E-state index contributed by atoms with van der Waals surface area (Å²) in [5.41, 5.74) is -0.841. The number of carbonyl (C=O) groups excluding carboxylic acids is 1. The minimum Gasteiger partial charge on any atom is -0.481 e. The summed E-state index contributed by atoms with van der Waals surface area (Å²) in [5, 5.41) is 15.6. The van der Waals surface area contributed by atoms with Gasteiger partial charge in [-0.1, -0.05) is 5.16 Å². The van der Waals surface area contributed by atoms with Crippen LogP contribution in [0.3, 0.4) is 0 Å². The van der Waals surface area contributed by atoms with Crippen LogP contribution in [0.4, 0.5) is 4.79 Å². The minimum absolute atomic E-state index is 0.0559. The largest absolute Gasteiger partial charge is 0.481 e. The highest BCUT2D eigenvalue weighted by molar-refractivity contribution is 5.76. The highest BCUT2D eigenvalue weighted by Gasteiger charge is 2.39. The standard InChI is InChI=1S/C13H20N4O4/c1-13(2,11(18)19)9-4-3-5-17(7-9)12(20)14-6-10-15-8-21-16-10/h8-9H,3-7H2,1-2H3,(H,14,20)(H,18,19). The molecule has 116 valence electrons. The van der Waals surface area contributed by atoms with Crippen molar-refractivity contribution >= 4 is 12.0 Å². The maximum atomic E-state index is 12.1. The molecule has 1 aliphatic heterocycles. The molecule has 21 heavy (non-hydrogen) atoms. The second-order valence-electron chi connectivity index (χ2n) is 5.82. The van der Waals surface area contributed by atoms with Crippen LogP contribution in [0, 0.1) is 11.3 Å². The molecule has 1 aromatic heterocycles. The van der Waals surface area contributed by atoms with E-state index in [9.17, 15) is 14.7 Å². The third kappa shape index (κ3) is 3.50. The van der Waals surface area contributed by atoms with E-state index in [1.54, 1.807) is 18.7 Å². The van der Waals surface area contributed by atoms with Crippen molar-refractivity contribution in [1.82, 2.24) is 20.4 Å². The maximum absolute atomic E-state index is 12.1. The fourth-order valence-corrected chi connectivity index (χ4v) is 2.46. The number of aromatic nitrogens is 2. The van der Waals surface area contributed by atoms with E-state index >= 15 is 0 Å². The van der Waals surface area contributed by atoms with Crippen molar-refractivity contribution in [2.75, 3.05) is 13.1 Å². The smallest absolute Gasteiger partial charge is 0.317 e. The highest BCUT2D eigenvalue weighted by Crippen LogP contribution is 2.34. The minimum atomic E-state index is -0.841. The third-order valence-corrected chi connectivity index (χ3v) is 4.09. The quantitative estimate of drug-likeness (QED) is 0.861. The van der Waals surface area contributed by atoms with Gasteiger partial charge in [-0.15, -0.1) is 0 Å². The first-order chi connectivity index (χ1) is 9.91. The van der Waals surface area contributed by atoms with E-state index in [2.05, 4.69) is 20.0 Å². The molecule has 1 fully saturated rings. The van der Waals surface area contributed by atoms with E-state index in [-0.39, 0.29) is 18.5 Å². The first-order valence-electron chi connectivity index (χ1n) is 6.92. The van der Waals surface area contributed by atoms with Gasteiger partial charge in [0.15, 0.2) is 5.82 Å². The molecule has 1 unspecified atom stereocenters.